The predicted octanol–water partition coefficient (Wildman–Crippen LogP) is 2.06. The molecule has 2 heterocycles. The van der Waals surface area contributed by atoms with Crippen LogP contribution in [0, 0.1) is 5.92 Å². The van der Waals surface area contributed by atoms with Crippen LogP contribution in [0.15, 0.2) is 24.8 Å². The monoisotopic (exact) mass is 265 g/mol. The molecule has 0 atom stereocenters. The van der Waals surface area contributed by atoms with Crippen LogP contribution in [0.25, 0.3) is 5.82 Å². The van der Waals surface area contributed by atoms with Crippen LogP contribution < -0.4 is 5.32 Å². The Morgan fingerprint density at radius 2 is 2.22 bits per heavy atom. The molecule has 1 N–H and O–H groups in total. The van der Waals surface area contributed by atoms with E-state index in [0.717, 1.165) is 18.1 Å². The lowest BCUT2D eigenvalue weighted by Gasteiger charge is -2.09. The average molecular weight is 266 g/mol. The average Bonchev–Trinajstić information content (AvgIpc) is 2.84. The largest absolute Gasteiger partial charge is 0.311 e. The number of nitrogens with one attached hydrogen (secondary N) is 1. The van der Waals surface area contributed by atoms with Gasteiger partial charge in [0.2, 0.25) is 0 Å². The molecular weight excluding hydrogens is 250 g/mol. The van der Waals surface area contributed by atoms with Gasteiger partial charge in [0.05, 0.1) is 10.7 Å². The Labute approximate surface area is 111 Å². The summed E-state index contributed by atoms with van der Waals surface area (Å²) in [7, 11) is 0. The second-order valence-electron chi connectivity index (χ2n) is 4.46. The van der Waals surface area contributed by atoms with Crippen molar-refractivity contribution in [3.8, 4) is 5.82 Å². The zero-order valence-corrected chi connectivity index (χ0v) is 11.2. The summed E-state index contributed by atoms with van der Waals surface area (Å²) in [5.41, 5.74) is 0.824. The van der Waals surface area contributed by atoms with Crippen LogP contribution in [0.3, 0.4) is 0 Å². The van der Waals surface area contributed by atoms with Crippen LogP contribution in [0.1, 0.15) is 19.5 Å². The fraction of sp³-hybridized carbons (Fsp3) is 0.417. The first kappa shape index (κ1) is 13.0. The molecule has 6 heteroatoms. The molecule has 0 aliphatic carbocycles. The fourth-order valence-electron chi connectivity index (χ4n) is 1.53. The highest BCUT2D eigenvalue weighted by Gasteiger charge is 2.06. The molecule has 18 heavy (non-hydrogen) atoms. The summed E-state index contributed by atoms with van der Waals surface area (Å²) in [5, 5.41) is 8.03. The Bertz CT molecular complexity index is 495. The number of hydrogen-bond donors (Lipinski definition) is 1. The van der Waals surface area contributed by atoms with Gasteiger partial charge in [0.15, 0.2) is 5.82 Å². The van der Waals surface area contributed by atoms with Gasteiger partial charge in [0.1, 0.15) is 12.7 Å². The van der Waals surface area contributed by atoms with Crippen molar-refractivity contribution in [3.63, 3.8) is 0 Å². The van der Waals surface area contributed by atoms with E-state index in [4.69, 9.17) is 11.6 Å². The molecule has 0 aliphatic rings. The highest BCUT2D eigenvalue weighted by atomic mass is 35.5. The first-order valence-electron chi connectivity index (χ1n) is 5.88. The quantitative estimate of drug-likeness (QED) is 0.899. The number of rotatable bonds is 5. The van der Waals surface area contributed by atoms with Gasteiger partial charge in [-0.15, -0.1) is 0 Å². The highest BCUT2D eigenvalue weighted by molar-refractivity contribution is 6.31. The summed E-state index contributed by atoms with van der Waals surface area (Å²) in [5.74, 6) is 1.32. The maximum absolute atomic E-state index is 6.13. The van der Waals surface area contributed by atoms with Gasteiger partial charge >= 0.3 is 0 Å². The zero-order valence-electron chi connectivity index (χ0n) is 10.5. The predicted molar refractivity (Wildman–Crippen MR) is 70.7 cm³/mol. The van der Waals surface area contributed by atoms with Gasteiger partial charge < -0.3 is 5.32 Å². The lowest BCUT2D eigenvalue weighted by Crippen LogP contribution is -2.20. The SMILES string of the molecule is CC(C)CNCc1nc(-n2cncn2)ccc1Cl. The Morgan fingerprint density at radius 3 is 2.89 bits per heavy atom. The van der Waals surface area contributed by atoms with Gasteiger partial charge in [0, 0.05) is 6.54 Å². The first-order valence-corrected chi connectivity index (χ1v) is 6.25. The van der Waals surface area contributed by atoms with E-state index in [9.17, 15) is 0 Å². The fourth-order valence-corrected chi connectivity index (χ4v) is 1.70. The molecule has 0 saturated carbocycles. The second kappa shape index (κ2) is 5.93. The molecule has 0 amide bonds. The lowest BCUT2D eigenvalue weighted by molar-refractivity contribution is 0.548. The van der Waals surface area contributed by atoms with Crippen LogP contribution in [0.4, 0.5) is 0 Å². The Hall–Kier alpha value is -1.46. The number of pyridine rings is 1. The summed E-state index contributed by atoms with van der Waals surface area (Å²) in [6.45, 7) is 5.91. The second-order valence-corrected chi connectivity index (χ2v) is 4.87. The molecule has 0 aliphatic heterocycles. The van der Waals surface area contributed by atoms with E-state index >= 15 is 0 Å². The summed E-state index contributed by atoms with van der Waals surface area (Å²) in [4.78, 5) is 8.38. The molecule has 96 valence electrons. The van der Waals surface area contributed by atoms with Gasteiger partial charge in [-0.3, -0.25) is 0 Å². The van der Waals surface area contributed by atoms with Crippen molar-refractivity contribution >= 4 is 11.6 Å². The maximum Gasteiger partial charge on any atom is 0.155 e. The van der Waals surface area contributed by atoms with Gasteiger partial charge in [-0.25, -0.2) is 14.6 Å². The molecular formula is C12H16ClN5. The van der Waals surface area contributed by atoms with Crippen molar-refractivity contribution in [2.75, 3.05) is 6.54 Å². The van der Waals surface area contributed by atoms with Crippen molar-refractivity contribution in [2.24, 2.45) is 5.92 Å². The molecule has 2 aromatic heterocycles. The van der Waals surface area contributed by atoms with Crippen molar-refractivity contribution in [1.29, 1.82) is 0 Å². The van der Waals surface area contributed by atoms with Crippen molar-refractivity contribution in [1.82, 2.24) is 25.1 Å². The van der Waals surface area contributed by atoms with Gasteiger partial charge in [-0.05, 0) is 24.6 Å². The smallest absolute Gasteiger partial charge is 0.155 e. The van der Waals surface area contributed by atoms with Crippen molar-refractivity contribution in [2.45, 2.75) is 20.4 Å². The molecule has 0 spiro atoms. The van der Waals surface area contributed by atoms with E-state index in [-0.39, 0.29) is 0 Å². The van der Waals surface area contributed by atoms with Crippen LogP contribution in [-0.2, 0) is 6.54 Å². The molecule has 0 radical (unpaired) electrons. The Kier molecular flexibility index (Phi) is 4.28. The third-order valence-electron chi connectivity index (χ3n) is 2.40. The van der Waals surface area contributed by atoms with E-state index in [1.807, 2.05) is 12.1 Å². The topological polar surface area (TPSA) is 55.6 Å². The minimum atomic E-state index is 0.599. The van der Waals surface area contributed by atoms with Gasteiger partial charge in [-0.2, -0.15) is 5.10 Å². The van der Waals surface area contributed by atoms with Crippen LogP contribution in [-0.4, -0.2) is 26.3 Å². The molecule has 0 unspecified atom stereocenters. The summed E-state index contributed by atoms with van der Waals surface area (Å²) < 4.78 is 1.61. The summed E-state index contributed by atoms with van der Waals surface area (Å²) in [6, 6.07) is 3.65. The van der Waals surface area contributed by atoms with Gasteiger partial charge in [-0.1, -0.05) is 25.4 Å². The molecule has 0 bridgehead atoms. The molecule has 0 aromatic carbocycles. The molecule has 0 fully saturated rings. The zero-order chi connectivity index (χ0) is 13.0. The van der Waals surface area contributed by atoms with E-state index in [0.29, 0.717) is 17.5 Å². The molecule has 5 nitrogen and oxygen atoms in total. The Morgan fingerprint density at radius 1 is 1.39 bits per heavy atom. The molecule has 2 rings (SSSR count). The highest BCUT2D eigenvalue weighted by Crippen LogP contribution is 2.15. The normalized spacial score (nSPS) is 11.1. The number of aromatic nitrogens is 4. The van der Waals surface area contributed by atoms with Gasteiger partial charge in [0.25, 0.3) is 0 Å². The standard InChI is InChI=1S/C12H16ClN5/c1-9(2)5-14-6-11-10(13)3-4-12(17-11)18-8-15-7-16-18/h3-4,7-9,14H,5-6H2,1-2H3. The molecule has 0 saturated heterocycles. The van der Waals surface area contributed by atoms with E-state index in [1.165, 1.54) is 6.33 Å². The van der Waals surface area contributed by atoms with Crippen molar-refractivity contribution < 1.29 is 0 Å². The van der Waals surface area contributed by atoms with Crippen LogP contribution >= 0.6 is 11.6 Å². The number of halogens is 1. The minimum absolute atomic E-state index is 0.599. The third-order valence-corrected chi connectivity index (χ3v) is 2.75. The van der Waals surface area contributed by atoms with E-state index in [2.05, 4.69) is 34.2 Å². The minimum Gasteiger partial charge on any atom is -0.311 e. The van der Waals surface area contributed by atoms with Crippen LogP contribution in [0.5, 0.6) is 0 Å². The number of nitrogens with zero attached hydrogens (tertiary/aromatic N) is 4. The molecule has 2 aromatic rings. The van der Waals surface area contributed by atoms with E-state index < -0.39 is 0 Å². The van der Waals surface area contributed by atoms with Crippen LogP contribution in [0.2, 0.25) is 5.02 Å². The maximum atomic E-state index is 6.13. The van der Waals surface area contributed by atoms with E-state index in [1.54, 1.807) is 11.0 Å². The third kappa shape index (κ3) is 3.27. The summed E-state index contributed by atoms with van der Waals surface area (Å²) >= 11 is 6.13. The number of hydrogen-bond acceptors (Lipinski definition) is 4. The lowest BCUT2D eigenvalue weighted by atomic mass is 10.2. The first-order chi connectivity index (χ1) is 8.66. The van der Waals surface area contributed by atoms with Crippen molar-refractivity contribution in [3.05, 3.63) is 35.5 Å². The summed E-state index contributed by atoms with van der Waals surface area (Å²) in [6.07, 6.45) is 3.09. The Balaban J connectivity index is 2.12.